The van der Waals surface area contributed by atoms with Gasteiger partial charge in [-0.2, -0.15) is 0 Å². The van der Waals surface area contributed by atoms with Crippen molar-refractivity contribution in [3.63, 3.8) is 0 Å². The number of rotatable bonds is 5. The molecule has 3 nitrogen and oxygen atoms in total. The van der Waals surface area contributed by atoms with E-state index < -0.39 is 7.12 Å². The van der Waals surface area contributed by atoms with Crippen LogP contribution < -0.4 is 5.46 Å². The number of hydrogen-bond acceptors (Lipinski definition) is 4. The van der Waals surface area contributed by atoms with Crippen molar-refractivity contribution in [2.45, 2.75) is 13.1 Å². The molecule has 0 atom stereocenters. The van der Waals surface area contributed by atoms with Gasteiger partial charge >= 0.3 is 7.12 Å². The van der Waals surface area contributed by atoms with Gasteiger partial charge in [-0.05, 0) is 29.5 Å². The lowest BCUT2D eigenvalue weighted by atomic mass is 9.77. The fourth-order valence-electron chi connectivity index (χ4n) is 1.95. The Hall–Kier alpha value is -1.14. The minimum atomic E-state index is -1.41. The highest BCUT2D eigenvalue weighted by atomic mass is 32.1. The van der Waals surface area contributed by atoms with Crippen LogP contribution in [-0.4, -0.2) is 29.1 Å². The summed E-state index contributed by atoms with van der Waals surface area (Å²) in [6.07, 6.45) is 0. The molecule has 18 heavy (non-hydrogen) atoms. The van der Waals surface area contributed by atoms with Crippen LogP contribution in [0.5, 0.6) is 0 Å². The van der Waals surface area contributed by atoms with Gasteiger partial charge in [0.05, 0.1) is 0 Å². The van der Waals surface area contributed by atoms with E-state index in [1.807, 2.05) is 31.3 Å². The second kappa shape index (κ2) is 6.16. The van der Waals surface area contributed by atoms with Crippen molar-refractivity contribution < 1.29 is 10.0 Å². The lowest BCUT2D eigenvalue weighted by Gasteiger charge is -2.18. The fraction of sp³-hybridized carbons (Fsp3) is 0.231. The molecule has 0 fully saturated rings. The Balaban J connectivity index is 2.04. The maximum Gasteiger partial charge on any atom is 0.488 e. The topological polar surface area (TPSA) is 43.7 Å². The number of thiophene rings is 1. The molecule has 0 unspecified atom stereocenters. The monoisotopic (exact) mass is 261 g/mol. The van der Waals surface area contributed by atoms with E-state index in [-0.39, 0.29) is 0 Å². The molecule has 1 heterocycles. The summed E-state index contributed by atoms with van der Waals surface area (Å²) in [5.74, 6) is 0. The molecule has 1 aromatic carbocycles. The third kappa shape index (κ3) is 3.43. The van der Waals surface area contributed by atoms with E-state index in [9.17, 15) is 10.0 Å². The highest BCUT2D eigenvalue weighted by Crippen LogP contribution is 2.12. The average molecular weight is 261 g/mol. The van der Waals surface area contributed by atoms with Gasteiger partial charge in [0, 0.05) is 18.0 Å². The Bertz CT molecular complexity index is 487. The van der Waals surface area contributed by atoms with Gasteiger partial charge in [-0.1, -0.05) is 30.3 Å². The highest BCUT2D eigenvalue weighted by Gasteiger charge is 2.16. The Labute approximate surface area is 111 Å². The summed E-state index contributed by atoms with van der Waals surface area (Å²) in [7, 11) is 0.622. The minimum absolute atomic E-state index is 0.579. The quantitative estimate of drug-likeness (QED) is 0.791. The third-order valence-corrected chi connectivity index (χ3v) is 3.64. The van der Waals surface area contributed by atoms with Gasteiger partial charge in [-0.15, -0.1) is 11.3 Å². The third-order valence-electron chi connectivity index (χ3n) is 2.78. The molecule has 1 aromatic heterocycles. The van der Waals surface area contributed by atoms with Gasteiger partial charge in [0.2, 0.25) is 0 Å². The van der Waals surface area contributed by atoms with E-state index in [1.165, 1.54) is 4.88 Å². The van der Waals surface area contributed by atoms with Crippen LogP contribution in [0.15, 0.2) is 41.8 Å². The molecule has 5 heteroatoms. The standard InChI is InChI=1S/C13H16BNO2S/c1-15(10-12-6-4-8-18-12)9-11-5-2-3-7-13(11)14(16)17/h2-8,16-17H,9-10H2,1H3. The van der Waals surface area contributed by atoms with E-state index in [1.54, 1.807) is 17.4 Å². The first-order chi connectivity index (χ1) is 8.66. The first-order valence-corrected chi connectivity index (χ1v) is 6.69. The Morgan fingerprint density at radius 2 is 1.89 bits per heavy atom. The zero-order valence-electron chi connectivity index (χ0n) is 10.3. The molecule has 0 aliphatic heterocycles. The number of nitrogens with zero attached hydrogens (tertiary/aromatic N) is 1. The van der Waals surface area contributed by atoms with E-state index in [4.69, 9.17) is 0 Å². The molecule has 94 valence electrons. The SMILES string of the molecule is CN(Cc1cccs1)Cc1ccccc1B(O)O. The first-order valence-electron chi connectivity index (χ1n) is 5.81. The summed E-state index contributed by atoms with van der Waals surface area (Å²) in [6.45, 7) is 1.57. The molecule has 0 amide bonds. The van der Waals surface area contributed by atoms with E-state index >= 15 is 0 Å². The average Bonchev–Trinajstić information content (AvgIpc) is 2.82. The van der Waals surface area contributed by atoms with Gasteiger partial charge in [0.15, 0.2) is 0 Å². The maximum atomic E-state index is 9.31. The summed E-state index contributed by atoms with van der Waals surface area (Å²) >= 11 is 1.73. The molecule has 0 aliphatic rings. The summed E-state index contributed by atoms with van der Waals surface area (Å²) < 4.78 is 0. The van der Waals surface area contributed by atoms with Crippen LogP contribution in [0.25, 0.3) is 0 Å². The molecule has 2 rings (SSSR count). The fourth-order valence-corrected chi connectivity index (χ4v) is 2.73. The van der Waals surface area contributed by atoms with Gasteiger partial charge in [0.1, 0.15) is 0 Å². The minimum Gasteiger partial charge on any atom is -0.423 e. The molecule has 2 N–H and O–H groups in total. The summed E-state index contributed by atoms with van der Waals surface area (Å²) in [6, 6.07) is 11.6. The Morgan fingerprint density at radius 1 is 1.11 bits per heavy atom. The van der Waals surface area contributed by atoms with Crippen LogP contribution >= 0.6 is 11.3 Å². The summed E-state index contributed by atoms with van der Waals surface area (Å²) in [4.78, 5) is 3.46. The van der Waals surface area contributed by atoms with Crippen molar-refractivity contribution in [2.24, 2.45) is 0 Å². The molecule has 2 aromatic rings. The molecular formula is C13H16BNO2S. The Kier molecular flexibility index (Phi) is 4.55. The maximum absolute atomic E-state index is 9.31. The predicted molar refractivity (Wildman–Crippen MR) is 75.8 cm³/mol. The van der Waals surface area contributed by atoms with E-state index in [0.29, 0.717) is 12.0 Å². The molecule has 0 saturated carbocycles. The van der Waals surface area contributed by atoms with Crippen LogP contribution in [0.2, 0.25) is 0 Å². The van der Waals surface area contributed by atoms with Crippen molar-refractivity contribution >= 4 is 23.9 Å². The molecule has 0 radical (unpaired) electrons. The zero-order chi connectivity index (χ0) is 13.0. The van der Waals surface area contributed by atoms with Crippen LogP contribution in [0, 0.1) is 0 Å². The molecule has 0 spiro atoms. The van der Waals surface area contributed by atoms with Crippen molar-refractivity contribution in [1.82, 2.24) is 4.90 Å². The molecule has 0 saturated heterocycles. The lowest BCUT2D eigenvalue weighted by Crippen LogP contribution is -2.34. The molecular weight excluding hydrogens is 245 g/mol. The normalized spacial score (nSPS) is 10.9. The van der Waals surface area contributed by atoms with Crippen LogP contribution in [0.1, 0.15) is 10.4 Å². The number of benzene rings is 1. The largest absolute Gasteiger partial charge is 0.488 e. The lowest BCUT2D eigenvalue weighted by molar-refractivity contribution is 0.322. The van der Waals surface area contributed by atoms with Crippen LogP contribution in [-0.2, 0) is 13.1 Å². The van der Waals surface area contributed by atoms with E-state index in [0.717, 1.165) is 12.1 Å². The van der Waals surface area contributed by atoms with Crippen LogP contribution in [0.3, 0.4) is 0 Å². The van der Waals surface area contributed by atoms with Crippen molar-refractivity contribution in [3.8, 4) is 0 Å². The zero-order valence-corrected chi connectivity index (χ0v) is 11.1. The molecule has 0 bridgehead atoms. The van der Waals surface area contributed by atoms with Crippen molar-refractivity contribution in [1.29, 1.82) is 0 Å². The van der Waals surface area contributed by atoms with Gasteiger partial charge < -0.3 is 10.0 Å². The van der Waals surface area contributed by atoms with Gasteiger partial charge in [-0.25, -0.2) is 0 Å². The first kappa shape index (κ1) is 13.3. The molecule has 0 aliphatic carbocycles. The second-order valence-electron chi connectivity index (χ2n) is 4.32. The summed E-state index contributed by atoms with van der Waals surface area (Å²) in [5.41, 5.74) is 1.53. The Morgan fingerprint density at radius 3 is 2.56 bits per heavy atom. The highest BCUT2D eigenvalue weighted by molar-refractivity contribution is 7.09. The summed E-state index contributed by atoms with van der Waals surface area (Å²) in [5, 5.41) is 20.7. The van der Waals surface area contributed by atoms with E-state index in [2.05, 4.69) is 16.3 Å². The predicted octanol–water partition coefficient (Wildman–Crippen LogP) is 1.06. The van der Waals surface area contributed by atoms with Crippen molar-refractivity contribution in [2.75, 3.05) is 7.05 Å². The van der Waals surface area contributed by atoms with Crippen LogP contribution in [0.4, 0.5) is 0 Å². The second-order valence-corrected chi connectivity index (χ2v) is 5.36. The van der Waals surface area contributed by atoms with Gasteiger partial charge in [-0.3, -0.25) is 4.90 Å². The van der Waals surface area contributed by atoms with Gasteiger partial charge in [0.25, 0.3) is 0 Å². The smallest absolute Gasteiger partial charge is 0.423 e. The van der Waals surface area contributed by atoms with Crippen molar-refractivity contribution in [3.05, 3.63) is 52.2 Å². The number of hydrogen-bond donors (Lipinski definition) is 2.